The van der Waals surface area contributed by atoms with Crippen LogP contribution in [0.25, 0.3) is 5.69 Å². The summed E-state index contributed by atoms with van der Waals surface area (Å²) < 4.78 is 80.2. The third-order valence-electron chi connectivity index (χ3n) is 4.31. The van der Waals surface area contributed by atoms with Crippen molar-refractivity contribution < 1.29 is 26.3 Å². The Morgan fingerprint density at radius 1 is 0.800 bits per heavy atom. The number of halogens is 6. The Kier molecular flexibility index (Phi) is 5.62. The minimum Gasteiger partial charge on any atom is -0.289 e. The molecule has 3 rings (SSSR count). The molecule has 0 spiro atoms. The summed E-state index contributed by atoms with van der Waals surface area (Å²) in [6.45, 7) is 5.69. The van der Waals surface area contributed by atoms with Crippen LogP contribution in [0.1, 0.15) is 37.6 Å². The van der Waals surface area contributed by atoms with Crippen LogP contribution in [0.15, 0.2) is 58.9 Å². The van der Waals surface area contributed by atoms with Crippen molar-refractivity contribution in [1.29, 1.82) is 0 Å². The maximum Gasteiger partial charge on any atom is 0.416 e. The van der Waals surface area contributed by atoms with Crippen molar-refractivity contribution in [2.24, 2.45) is 4.99 Å². The summed E-state index contributed by atoms with van der Waals surface area (Å²) in [4.78, 5) is 4.59. The zero-order chi connectivity index (χ0) is 22.3. The van der Waals surface area contributed by atoms with E-state index in [-0.39, 0.29) is 16.2 Å². The van der Waals surface area contributed by atoms with E-state index < -0.39 is 28.9 Å². The van der Waals surface area contributed by atoms with Crippen LogP contribution in [-0.4, -0.2) is 4.57 Å². The van der Waals surface area contributed by atoms with Gasteiger partial charge in [-0.2, -0.15) is 26.3 Å². The summed E-state index contributed by atoms with van der Waals surface area (Å²) in [7, 11) is 0. The molecule has 2 nitrogen and oxygen atoms in total. The minimum atomic E-state index is -4.52. The van der Waals surface area contributed by atoms with Gasteiger partial charge < -0.3 is 0 Å². The third kappa shape index (κ3) is 4.77. The van der Waals surface area contributed by atoms with Crippen molar-refractivity contribution in [2.75, 3.05) is 0 Å². The van der Waals surface area contributed by atoms with Crippen LogP contribution < -0.4 is 4.80 Å². The average molecular weight is 444 g/mol. The fraction of sp³-hybridized carbons (Fsp3) is 0.286. The molecule has 0 aliphatic rings. The summed E-state index contributed by atoms with van der Waals surface area (Å²) in [5.74, 6) is 0. The molecule has 0 amide bonds. The lowest BCUT2D eigenvalue weighted by molar-refractivity contribution is -0.138. The van der Waals surface area contributed by atoms with Crippen molar-refractivity contribution in [3.8, 4) is 5.69 Å². The number of hydrogen-bond acceptors (Lipinski definition) is 2. The lowest BCUT2D eigenvalue weighted by Gasteiger charge is -2.21. The van der Waals surface area contributed by atoms with Crippen molar-refractivity contribution >= 4 is 17.0 Å². The lowest BCUT2D eigenvalue weighted by atomic mass is 9.92. The van der Waals surface area contributed by atoms with Gasteiger partial charge in [-0.3, -0.25) is 4.57 Å². The molecule has 3 aromatic rings. The zero-order valence-electron chi connectivity index (χ0n) is 16.3. The molecule has 0 aliphatic carbocycles. The Balaban J connectivity index is 2.24. The summed E-state index contributed by atoms with van der Waals surface area (Å²) >= 11 is 1.15. The number of aromatic nitrogens is 1. The zero-order valence-corrected chi connectivity index (χ0v) is 17.1. The van der Waals surface area contributed by atoms with Gasteiger partial charge in [-0.15, -0.1) is 11.3 Å². The largest absolute Gasteiger partial charge is 0.416 e. The van der Waals surface area contributed by atoms with Gasteiger partial charge in [-0.05, 0) is 36.4 Å². The molecular formula is C21H18F6N2S. The molecule has 0 saturated heterocycles. The van der Waals surface area contributed by atoms with Crippen molar-refractivity contribution in [2.45, 2.75) is 38.5 Å². The van der Waals surface area contributed by atoms with Gasteiger partial charge in [-0.1, -0.05) is 32.9 Å². The van der Waals surface area contributed by atoms with Gasteiger partial charge in [0.1, 0.15) is 0 Å². The average Bonchev–Trinajstić information content (AvgIpc) is 3.04. The molecule has 0 aliphatic heterocycles. The minimum absolute atomic E-state index is 0.0628. The summed E-state index contributed by atoms with van der Waals surface area (Å²) in [5.41, 5.74) is -1.11. The highest BCUT2D eigenvalue weighted by Gasteiger charge is 2.32. The Bertz CT molecular complexity index is 1110. The molecule has 0 atom stereocenters. The quantitative estimate of drug-likeness (QED) is 0.375. The Labute approximate surface area is 173 Å². The van der Waals surface area contributed by atoms with E-state index in [2.05, 4.69) is 4.99 Å². The van der Waals surface area contributed by atoms with Gasteiger partial charge in [0.25, 0.3) is 0 Å². The molecule has 0 radical (unpaired) electrons. The molecule has 0 N–H and O–H groups in total. The molecular weight excluding hydrogens is 426 g/mol. The van der Waals surface area contributed by atoms with E-state index in [1.54, 1.807) is 9.95 Å². The highest BCUT2D eigenvalue weighted by molar-refractivity contribution is 7.07. The van der Waals surface area contributed by atoms with Crippen molar-refractivity contribution in [1.82, 2.24) is 4.57 Å². The highest BCUT2D eigenvalue weighted by Crippen LogP contribution is 2.33. The van der Waals surface area contributed by atoms with E-state index in [1.165, 1.54) is 24.3 Å². The summed E-state index contributed by atoms with van der Waals surface area (Å²) in [5, 5.41) is 1.76. The first-order valence-electron chi connectivity index (χ1n) is 8.87. The predicted octanol–water partition coefficient (Wildman–Crippen LogP) is 7.11. The molecule has 1 heterocycles. The van der Waals surface area contributed by atoms with E-state index in [4.69, 9.17) is 0 Å². The van der Waals surface area contributed by atoms with E-state index in [9.17, 15) is 26.3 Å². The van der Waals surface area contributed by atoms with Crippen LogP contribution in [0.4, 0.5) is 32.0 Å². The lowest BCUT2D eigenvalue weighted by Crippen LogP contribution is -2.23. The van der Waals surface area contributed by atoms with Gasteiger partial charge in [0.05, 0.1) is 16.8 Å². The topological polar surface area (TPSA) is 17.3 Å². The van der Waals surface area contributed by atoms with E-state index in [0.29, 0.717) is 5.69 Å². The van der Waals surface area contributed by atoms with E-state index in [0.717, 1.165) is 35.6 Å². The summed E-state index contributed by atoms with van der Waals surface area (Å²) in [6.07, 6.45) is -9.04. The molecule has 0 fully saturated rings. The number of alkyl halides is 6. The number of thiazole rings is 1. The second kappa shape index (κ2) is 7.61. The number of hydrogen-bond donors (Lipinski definition) is 0. The molecule has 0 saturated carbocycles. The first kappa shape index (κ1) is 22.1. The van der Waals surface area contributed by atoms with Crippen LogP contribution in [-0.2, 0) is 17.8 Å². The SMILES string of the molecule is CC(C)(C)c1csc(=Nc2cccc(C(F)(F)F)c2)n1-c1cccc(C(F)(F)F)c1. The third-order valence-corrected chi connectivity index (χ3v) is 5.13. The van der Waals surface area contributed by atoms with E-state index >= 15 is 0 Å². The highest BCUT2D eigenvalue weighted by atomic mass is 32.1. The standard InChI is InChI=1S/C21H18F6N2S/c1-19(2,3)17-12-30-18(28-15-8-4-6-13(10-15)20(22,23)24)29(17)16-9-5-7-14(11-16)21(25,26)27/h4-12H,1-3H3. The van der Waals surface area contributed by atoms with Gasteiger partial charge in [0.2, 0.25) is 0 Å². The predicted molar refractivity (Wildman–Crippen MR) is 104 cm³/mol. The van der Waals surface area contributed by atoms with Crippen LogP contribution in [0.3, 0.4) is 0 Å². The number of rotatable bonds is 2. The fourth-order valence-electron chi connectivity index (χ4n) is 2.84. The molecule has 30 heavy (non-hydrogen) atoms. The molecule has 1 aromatic heterocycles. The second-order valence-corrected chi connectivity index (χ2v) is 8.53. The van der Waals surface area contributed by atoms with Crippen molar-refractivity contribution in [3.05, 3.63) is 75.5 Å². The van der Waals surface area contributed by atoms with Crippen molar-refractivity contribution in [3.63, 3.8) is 0 Å². The van der Waals surface area contributed by atoms with Crippen LogP contribution in [0.5, 0.6) is 0 Å². The van der Waals surface area contributed by atoms with Crippen LogP contribution in [0.2, 0.25) is 0 Å². The van der Waals surface area contributed by atoms with E-state index in [1.807, 2.05) is 20.8 Å². The maximum atomic E-state index is 13.2. The normalized spacial score (nSPS) is 13.7. The molecule has 2 aromatic carbocycles. The first-order valence-corrected chi connectivity index (χ1v) is 9.75. The molecule has 0 unspecified atom stereocenters. The van der Waals surface area contributed by atoms with Crippen LogP contribution >= 0.6 is 11.3 Å². The van der Waals surface area contributed by atoms with Gasteiger partial charge in [0, 0.05) is 22.2 Å². The fourth-order valence-corrected chi connectivity index (χ4v) is 3.98. The Morgan fingerprint density at radius 2 is 1.37 bits per heavy atom. The summed E-state index contributed by atoms with van der Waals surface area (Å²) in [6, 6.07) is 9.30. The number of benzene rings is 2. The van der Waals surface area contributed by atoms with Gasteiger partial charge in [0.15, 0.2) is 4.80 Å². The maximum absolute atomic E-state index is 13.2. The second-order valence-electron chi connectivity index (χ2n) is 7.70. The number of nitrogens with zero attached hydrogens (tertiary/aromatic N) is 2. The Hall–Kier alpha value is -2.55. The Morgan fingerprint density at radius 3 is 1.93 bits per heavy atom. The molecule has 160 valence electrons. The van der Waals surface area contributed by atoms with Gasteiger partial charge in [-0.25, -0.2) is 4.99 Å². The van der Waals surface area contributed by atoms with Crippen LogP contribution in [0, 0.1) is 0 Å². The molecule has 0 bridgehead atoms. The first-order chi connectivity index (χ1) is 13.8. The smallest absolute Gasteiger partial charge is 0.289 e. The monoisotopic (exact) mass is 444 g/mol. The molecule has 9 heteroatoms. The van der Waals surface area contributed by atoms with Gasteiger partial charge >= 0.3 is 12.4 Å².